The largest absolute Gasteiger partial charge is 0.397 e. The van der Waals surface area contributed by atoms with Gasteiger partial charge < -0.3 is 10.6 Å². The summed E-state index contributed by atoms with van der Waals surface area (Å²) < 4.78 is 0. The van der Waals surface area contributed by atoms with E-state index in [4.69, 9.17) is 11.0 Å². The van der Waals surface area contributed by atoms with E-state index in [1.54, 1.807) is 6.20 Å². The average molecular weight is 190 g/mol. The second-order valence-electron chi connectivity index (χ2n) is 3.23. The Balaban J connectivity index is 2.76. The van der Waals surface area contributed by atoms with Crippen molar-refractivity contribution in [1.82, 2.24) is 4.98 Å². The van der Waals surface area contributed by atoms with Crippen LogP contribution < -0.4 is 10.6 Å². The van der Waals surface area contributed by atoms with Gasteiger partial charge in [-0.2, -0.15) is 5.26 Å². The summed E-state index contributed by atoms with van der Waals surface area (Å²) >= 11 is 0. The van der Waals surface area contributed by atoms with Crippen LogP contribution in [0.1, 0.15) is 12.0 Å². The van der Waals surface area contributed by atoms with Crippen molar-refractivity contribution < 1.29 is 0 Å². The molecule has 1 heterocycles. The summed E-state index contributed by atoms with van der Waals surface area (Å²) in [4.78, 5) is 6.12. The molecule has 0 unspecified atom stereocenters. The maximum atomic E-state index is 8.44. The number of nitrogens with two attached hydrogens (primary N) is 1. The van der Waals surface area contributed by atoms with Crippen LogP contribution in [-0.4, -0.2) is 18.6 Å². The zero-order chi connectivity index (χ0) is 10.6. The van der Waals surface area contributed by atoms with E-state index in [9.17, 15) is 0 Å². The number of nitrogens with zero attached hydrogens (tertiary/aromatic N) is 3. The Kier molecular flexibility index (Phi) is 3.29. The number of rotatable bonds is 3. The van der Waals surface area contributed by atoms with Crippen molar-refractivity contribution in [3.05, 3.63) is 17.8 Å². The first-order valence-corrected chi connectivity index (χ1v) is 4.45. The van der Waals surface area contributed by atoms with Gasteiger partial charge in [0.15, 0.2) is 0 Å². The normalized spacial score (nSPS) is 9.50. The van der Waals surface area contributed by atoms with Gasteiger partial charge in [0.05, 0.1) is 24.4 Å². The van der Waals surface area contributed by atoms with Gasteiger partial charge in [-0.05, 0) is 18.6 Å². The molecule has 0 bridgehead atoms. The number of aromatic nitrogens is 1. The third-order valence-electron chi connectivity index (χ3n) is 2.09. The van der Waals surface area contributed by atoms with Crippen molar-refractivity contribution in [2.75, 3.05) is 24.2 Å². The summed E-state index contributed by atoms with van der Waals surface area (Å²) in [7, 11) is 1.91. The van der Waals surface area contributed by atoms with E-state index in [2.05, 4.69) is 11.1 Å². The first kappa shape index (κ1) is 10.3. The van der Waals surface area contributed by atoms with Gasteiger partial charge >= 0.3 is 0 Å². The Hall–Kier alpha value is -1.76. The fourth-order valence-electron chi connectivity index (χ4n) is 1.09. The molecule has 14 heavy (non-hydrogen) atoms. The first-order chi connectivity index (χ1) is 6.65. The van der Waals surface area contributed by atoms with E-state index in [-0.39, 0.29) is 0 Å². The van der Waals surface area contributed by atoms with Crippen LogP contribution in [0.4, 0.5) is 11.5 Å². The van der Waals surface area contributed by atoms with Crippen molar-refractivity contribution in [3.8, 4) is 6.07 Å². The standard InChI is InChI=1S/C10H14N4/c1-8-6-10(13-7-9(8)12)14(2)5-3-4-11/h6-7H,3,5,12H2,1-2H3. The summed E-state index contributed by atoms with van der Waals surface area (Å²) in [6.45, 7) is 2.63. The van der Waals surface area contributed by atoms with Crippen molar-refractivity contribution in [2.24, 2.45) is 0 Å². The molecule has 0 aliphatic heterocycles. The second-order valence-corrected chi connectivity index (χ2v) is 3.23. The molecule has 1 rings (SSSR count). The highest BCUT2D eigenvalue weighted by Crippen LogP contribution is 2.15. The lowest BCUT2D eigenvalue weighted by Gasteiger charge is -2.17. The zero-order valence-corrected chi connectivity index (χ0v) is 8.49. The van der Waals surface area contributed by atoms with Gasteiger partial charge in [0.25, 0.3) is 0 Å². The molecule has 0 aliphatic rings. The third kappa shape index (κ3) is 2.36. The molecule has 74 valence electrons. The summed E-state index contributed by atoms with van der Waals surface area (Å²) in [5.74, 6) is 0.854. The lowest BCUT2D eigenvalue weighted by Crippen LogP contribution is -2.19. The van der Waals surface area contributed by atoms with Gasteiger partial charge in [-0.15, -0.1) is 0 Å². The fraction of sp³-hybridized carbons (Fsp3) is 0.400. The van der Waals surface area contributed by atoms with Crippen molar-refractivity contribution in [2.45, 2.75) is 13.3 Å². The predicted molar refractivity (Wildman–Crippen MR) is 56.9 cm³/mol. The third-order valence-corrected chi connectivity index (χ3v) is 2.09. The topological polar surface area (TPSA) is 65.9 Å². The van der Waals surface area contributed by atoms with Crippen LogP contribution in [0.25, 0.3) is 0 Å². The van der Waals surface area contributed by atoms with Gasteiger partial charge in [-0.3, -0.25) is 0 Å². The molecule has 4 heteroatoms. The highest BCUT2D eigenvalue weighted by atomic mass is 15.2. The maximum absolute atomic E-state index is 8.44. The minimum atomic E-state index is 0.502. The van der Waals surface area contributed by atoms with E-state index in [0.717, 1.165) is 11.4 Å². The molecule has 0 saturated carbocycles. The van der Waals surface area contributed by atoms with E-state index in [0.29, 0.717) is 18.7 Å². The number of pyridine rings is 1. The summed E-state index contributed by atoms with van der Waals surface area (Å²) in [5, 5.41) is 8.44. The van der Waals surface area contributed by atoms with Crippen LogP contribution in [0.5, 0.6) is 0 Å². The Bertz CT molecular complexity index is 354. The van der Waals surface area contributed by atoms with Gasteiger partial charge in [0.1, 0.15) is 5.82 Å². The summed E-state index contributed by atoms with van der Waals surface area (Å²) in [6, 6.07) is 4.02. The Morgan fingerprint density at radius 3 is 2.93 bits per heavy atom. The first-order valence-electron chi connectivity index (χ1n) is 4.45. The van der Waals surface area contributed by atoms with Gasteiger partial charge in [-0.25, -0.2) is 4.98 Å². The van der Waals surface area contributed by atoms with Crippen LogP contribution in [-0.2, 0) is 0 Å². The van der Waals surface area contributed by atoms with E-state index < -0.39 is 0 Å². The molecule has 1 aromatic heterocycles. The number of nitrogen functional groups attached to an aromatic ring is 1. The molecule has 0 saturated heterocycles. The molecule has 0 atom stereocenters. The molecule has 4 nitrogen and oxygen atoms in total. The molecule has 0 amide bonds. The quantitative estimate of drug-likeness (QED) is 0.780. The highest BCUT2D eigenvalue weighted by Gasteiger charge is 2.03. The van der Waals surface area contributed by atoms with Crippen LogP contribution in [0.15, 0.2) is 12.3 Å². The Labute approximate surface area is 84.0 Å². The lowest BCUT2D eigenvalue weighted by molar-refractivity contribution is 0.884. The van der Waals surface area contributed by atoms with Crippen molar-refractivity contribution in [1.29, 1.82) is 5.26 Å². The van der Waals surface area contributed by atoms with Gasteiger partial charge in [-0.1, -0.05) is 0 Å². The molecular weight excluding hydrogens is 176 g/mol. The Morgan fingerprint density at radius 2 is 2.36 bits per heavy atom. The monoisotopic (exact) mass is 190 g/mol. The number of anilines is 2. The number of aryl methyl sites for hydroxylation is 1. The number of hydrogen-bond donors (Lipinski definition) is 1. The van der Waals surface area contributed by atoms with Gasteiger partial charge in [0, 0.05) is 13.6 Å². The number of nitriles is 1. The maximum Gasteiger partial charge on any atom is 0.128 e. The fourth-order valence-corrected chi connectivity index (χ4v) is 1.09. The smallest absolute Gasteiger partial charge is 0.128 e. The molecule has 0 aromatic carbocycles. The highest BCUT2D eigenvalue weighted by molar-refractivity contribution is 5.51. The van der Waals surface area contributed by atoms with Crippen LogP contribution >= 0.6 is 0 Å². The van der Waals surface area contributed by atoms with Crippen LogP contribution in [0.2, 0.25) is 0 Å². The molecule has 0 aliphatic carbocycles. The SMILES string of the molecule is Cc1cc(N(C)CCC#N)ncc1N. The summed E-state index contributed by atoms with van der Waals surface area (Å²) in [6.07, 6.45) is 2.15. The van der Waals surface area contributed by atoms with Crippen LogP contribution in [0, 0.1) is 18.3 Å². The molecule has 0 fully saturated rings. The minimum absolute atomic E-state index is 0.502. The van der Waals surface area contributed by atoms with Crippen LogP contribution in [0.3, 0.4) is 0 Å². The van der Waals surface area contributed by atoms with E-state index in [1.807, 2.05) is 24.9 Å². The van der Waals surface area contributed by atoms with E-state index >= 15 is 0 Å². The van der Waals surface area contributed by atoms with Gasteiger partial charge in [0.2, 0.25) is 0 Å². The second kappa shape index (κ2) is 4.47. The van der Waals surface area contributed by atoms with Crippen molar-refractivity contribution in [3.63, 3.8) is 0 Å². The predicted octanol–water partition coefficient (Wildman–Crippen LogP) is 1.32. The molecule has 0 radical (unpaired) electrons. The molecule has 1 aromatic rings. The lowest BCUT2D eigenvalue weighted by atomic mass is 10.2. The Morgan fingerprint density at radius 1 is 1.64 bits per heavy atom. The molecule has 2 N–H and O–H groups in total. The molecular formula is C10H14N4. The van der Waals surface area contributed by atoms with E-state index in [1.165, 1.54) is 0 Å². The zero-order valence-electron chi connectivity index (χ0n) is 8.49. The average Bonchev–Trinajstić information content (AvgIpc) is 2.18. The molecule has 0 spiro atoms. The van der Waals surface area contributed by atoms with Crippen molar-refractivity contribution >= 4 is 11.5 Å². The minimum Gasteiger partial charge on any atom is -0.397 e. The number of hydrogen-bond acceptors (Lipinski definition) is 4. The summed E-state index contributed by atoms with van der Waals surface area (Å²) in [5.41, 5.74) is 7.37.